The van der Waals surface area contributed by atoms with Gasteiger partial charge in [0.2, 0.25) is 0 Å². The van der Waals surface area contributed by atoms with Crippen LogP contribution in [0.15, 0.2) is 71.6 Å². The minimum atomic E-state index is -0.861. The monoisotopic (exact) mass is 378 g/mol. The lowest BCUT2D eigenvalue weighted by Crippen LogP contribution is -2.35. The third-order valence-electron chi connectivity index (χ3n) is 3.83. The Morgan fingerprint density at radius 3 is 2.39 bits per heavy atom. The molecule has 0 radical (unpaired) electrons. The fourth-order valence-corrected chi connectivity index (χ4v) is 2.41. The van der Waals surface area contributed by atoms with Crippen molar-refractivity contribution in [3.05, 3.63) is 84.1 Å². The Kier molecular flexibility index (Phi) is 6.14. The number of aromatic nitrogens is 1. The molecule has 28 heavy (non-hydrogen) atoms. The first-order valence-corrected chi connectivity index (χ1v) is 8.51. The summed E-state index contributed by atoms with van der Waals surface area (Å²) in [6.45, 7) is 0.403. The van der Waals surface area contributed by atoms with Crippen LogP contribution in [0, 0.1) is 0 Å². The number of carbonyl (C=O) groups excluding carboxylic acids is 3. The molecular weight excluding hydrogens is 360 g/mol. The highest BCUT2D eigenvalue weighted by atomic mass is 16.3. The van der Waals surface area contributed by atoms with Gasteiger partial charge >= 0.3 is 11.8 Å². The maximum absolute atomic E-state index is 12.4. The lowest BCUT2D eigenvalue weighted by Gasteiger charge is -2.11. The van der Waals surface area contributed by atoms with Crippen LogP contribution in [0.4, 0.5) is 5.69 Å². The average Bonchev–Trinajstić information content (AvgIpc) is 3.25. The van der Waals surface area contributed by atoms with Crippen LogP contribution in [0.5, 0.6) is 0 Å². The van der Waals surface area contributed by atoms with Gasteiger partial charge in [-0.3, -0.25) is 19.4 Å². The summed E-state index contributed by atoms with van der Waals surface area (Å²) in [4.78, 5) is 40.5. The first kappa shape index (κ1) is 18.8. The van der Waals surface area contributed by atoms with Crippen LogP contribution < -0.4 is 16.0 Å². The number of anilines is 1. The second-order valence-electron chi connectivity index (χ2n) is 5.80. The van der Waals surface area contributed by atoms with E-state index in [0.29, 0.717) is 5.76 Å². The summed E-state index contributed by atoms with van der Waals surface area (Å²) in [6, 6.07) is 13.4. The molecule has 0 aliphatic heterocycles. The molecule has 0 unspecified atom stereocenters. The zero-order valence-electron chi connectivity index (χ0n) is 14.8. The second kappa shape index (κ2) is 9.13. The van der Waals surface area contributed by atoms with Gasteiger partial charge in [-0.05, 0) is 42.0 Å². The lowest BCUT2D eigenvalue weighted by molar-refractivity contribution is -0.136. The standard InChI is InChI=1S/C20H18N4O4/c25-18(23-13-15-4-3-11-28-15)16-5-1-2-6-17(16)24-20(27)19(26)22-12-14-7-9-21-10-8-14/h1-11H,12-13H2,(H,22,26)(H,23,25)(H,24,27). The van der Waals surface area contributed by atoms with Crippen molar-refractivity contribution < 1.29 is 18.8 Å². The Morgan fingerprint density at radius 1 is 0.857 bits per heavy atom. The van der Waals surface area contributed by atoms with Crippen LogP contribution >= 0.6 is 0 Å². The van der Waals surface area contributed by atoms with Crippen molar-refractivity contribution >= 4 is 23.4 Å². The number of pyridine rings is 1. The smallest absolute Gasteiger partial charge is 0.313 e. The van der Waals surface area contributed by atoms with Crippen LogP contribution in [-0.4, -0.2) is 22.7 Å². The number of hydrogen-bond donors (Lipinski definition) is 3. The van der Waals surface area contributed by atoms with Gasteiger partial charge in [0.15, 0.2) is 0 Å². The van der Waals surface area contributed by atoms with Crippen molar-refractivity contribution in [3.8, 4) is 0 Å². The van der Waals surface area contributed by atoms with E-state index in [4.69, 9.17) is 4.42 Å². The quantitative estimate of drug-likeness (QED) is 0.567. The summed E-state index contributed by atoms with van der Waals surface area (Å²) < 4.78 is 5.17. The molecule has 0 atom stereocenters. The fraction of sp³-hybridized carbons (Fsp3) is 0.100. The van der Waals surface area contributed by atoms with Gasteiger partial charge in [0, 0.05) is 18.9 Å². The van der Waals surface area contributed by atoms with Crippen LogP contribution in [0.2, 0.25) is 0 Å². The van der Waals surface area contributed by atoms with Crippen molar-refractivity contribution in [3.63, 3.8) is 0 Å². The summed E-state index contributed by atoms with van der Waals surface area (Å²) in [7, 11) is 0. The molecule has 1 aromatic carbocycles. The molecule has 0 aliphatic rings. The van der Waals surface area contributed by atoms with Crippen molar-refractivity contribution in [1.82, 2.24) is 15.6 Å². The van der Waals surface area contributed by atoms with E-state index in [-0.39, 0.29) is 24.3 Å². The molecule has 142 valence electrons. The molecule has 8 nitrogen and oxygen atoms in total. The van der Waals surface area contributed by atoms with Crippen LogP contribution in [-0.2, 0) is 22.7 Å². The first-order valence-electron chi connectivity index (χ1n) is 8.51. The summed E-state index contributed by atoms with van der Waals surface area (Å²) in [5, 5.41) is 7.69. The molecular formula is C20H18N4O4. The van der Waals surface area contributed by atoms with E-state index < -0.39 is 17.7 Å². The van der Waals surface area contributed by atoms with Crippen molar-refractivity contribution in [2.45, 2.75) is 13.1 Å². The minimum absolute atomic E-state index is 0.194. The van der Waals surface area contributed by atoms with Crippen molar-refractivity contribution in [1.29, 1.82) is 0 Å². The number of amides is 3. The van der Waals surface area contributed by atoms with Gasteiger partial charge < -0.3 is 20.4 Å². The summed E-state index contributed by atoms with van der Waals surface area (Å²) in [6.07, 6.45) is 4.71. The molecule has 3 N–H and O–H groups in total. The zero-order valence-corrected chi connectivity index (χ0v) is 14.8. The third kappa shape index (κ3) is 5.04. The van der Waals surface area contributed by atoms with Gasteiger partial charge in [0.05, 0.1) is 24.1 Å². The van der Waals surface area contributed by atoms with Crippen LogP contribution in [0.3, 0.4) is 0 Å². The number of para-hydroxylation sites is 1. The molecule has 3 aromatic rings. The molecule has 0 aliphatic carbocycles. The third-order valence-corrected chi connectivity index (χ3v) is 3.83. The Morgan fingerprint density at radius 2 is 1.64 bits per heavy atom. The molecule has 0 saturated heterocycles. The topological polar surface area (TPSA) is 113 Å². The molecule has 2 aromatic heterocycles. The summed E-state index contributed by atoms with van der Waals surface area (Å²) in [5.74, 6) is -1.46. The molecule has 0 saturated carbocycles. The average molecular weight is 378 g/mol. The van der Waals surface area contributed by atoms with E-state index in [1.165, 1.54) is 6.26 Å². The molecule has 8 heteroatoms. The van der Waals surface area contributed by atoms with Gasteiger partial charge in [0.25, 0.3) is 5.91 Å². The maximum Gasteiger partial charge on any atom is 0.313 e. The number of benzene rings is 1. The van der Waals surface area contributed by atoms with E-state index in [1.54, 1.807) is 60.9 Å². The lowest BCUT2D eigenvalue weighted by atomic mass is 10.1. The second-order valence-corrected chi connectivity index (χ2v) is 5.80. The van der Waals surface area contributed by atoms with E-state index in [0.717, 1.165) is 5.56 Å². The minimum Gasteiger partial charge on any atom is -0.467 e. The Bertz CT molecular complexity index is 955. The predicted molar refractivity (Wildman–Crippen MR) is 101 cm³/mol. The predicted octanol–water partition coefficient (Wildman–Crippen LogP) is 1.86. The van der Waals surface area contributed by atoms with E-state index in [1.807, 2.05) is 0 Å². The fourth-order valence-electron chi connectivity index (χ4n) is 2.41. The maximum atomic E-state index is 12.4. The molecule has 3 amide bonds. The van der Waals surface area contributed by atoms with E-state index in [2.05, 4.69) is 20.9 Å². The number of hydrogen-bond acceptors (Lipinski definition) is 5. The zero-order chi connectivity index (χ0) is 19.8. The Balaban J connectivity index is 1.59. The first-order chi connectivity index (χ1) is 13.6. The number of carbonyl (C=O) groups is 3. The van der Waals surface area contributed by atoms with Gasteiger partial charge in [0.1, 0.15) is 5.76 Å². The summed E-state index contributed by atoms with van der Waals surface area (Å²) in [5.41, 5.74) is 1.29. The van der Waals surface area contributed by atoms with Crippen LogP contribution in [0.25, 0.3) is 0 Å². The van der Waals surface area contributed by atoms with Crippen molar-refractivity contribution in [2.24, 2.45) is 0 Å². The number of nitrogens with one attached hydrogen (secondary N) is 3. The SMILES string of the molecule is O=C(NCc1ccncc1)C(=O)Nc1ccccc1C(=O)NCc1ccco1. The van der Waals surface area contributed by atoms with Gasteiger partial charge in [-0.15, -0.1) is 0 Å². The normalized spacial score (nSPS) is 10.1. The van der Waals surface area contributed by atoms with E-state index >= 15 is 0 Å². The highest BCUT2D eigenvalue weighted by Crippen LogP contribution is 2.15. The molecule has 0 spiro atoms. The highest BCUT2D eigenvalue weighted by molar-refractivity contribution is 6.40. The Labute approximate surface area is 161 Å². The van der Waals surface area contributed by atoms with Gasteiger partial charge in [-0.25, -0.2) is 0 Å². The van der Waals surface area contributed by atoms with E-state index in [9.17, 15) is 14.4 Å². The molecule has 3 rings (SSSR count). The highest BCUT2D eigenvalue weighted by Gasteiger charge is 2.17. The Hall–Kier alpha value is -3.94. The summed E-state index contributed by atoms with van der Waals surface area (Å²) >= 11 is 0. The number of rotatable bonds is 6. The number of nitrogens with zero attached hydrogens (tertiary/aromatic N) is 1. The molecule has 0 bridgehead atoms. The largest absolute Gasteiger partial charge is 0.467 e. The van der Waals surface area contributed by atoms with Gasteiger partial charge in [-0.1, -0.05) is 12.1 Å². The van der Waals surface area contributed by atoms with Gasteiger partial charge in [-0.2, -0.15) is 0 Å². The number of furan rings is 1. The molecule has 2 heterocycles. The van der Waals surface area contributed by atoms with Crippen LogP contribution in [0.1, 0.15) is 21.7 Å². The van der Waals surface area contributed by atoms with Crippen molar-refractivity contribution in [2.75, 3.05) is 5.32 Å². The molecule has 0 fully saturated rings.